The Hall–Kier alpha value is -1.46. The maximum absolute atomic E-state index is 10.8. The summed E-state index contributed by atoms with van der Waals surface area (Å²) in [6.45, 7) is 12.8. The standard InChI is InChI=1S/C18H22N2OS2/c1-17(2,3)11-7-10(8-12(13(11)21)18(4,5)6)14-20-16-15(23-14)19-9-22-16/h7-9,21H,1-6H3. The summed E-state index contributed by atoms with van der Waals surface area (Å²) in [5, 5.41) is 11.8. The number of fused-ring (bicyclic) bond motifs is 1. The van der Waals surface area contributed by atoms with E-state index in [0.717, 1.165) is 31.4 Å². The van der Waals surface area contributed by atoms with E-state index in [2.05, 4.69) is 58.7 Å². The molecule has 2 heterocycles. The minimum absolute atomic E-state index is 0.132. The van der Waals surface area contributed by atoms with Gasteiger partial charge < -0.3 is 5.11 Å². The SMILES string of the molecule is CC(C)(C)c1cc(-c2nc3scnc3s2)cc(C(C)(C)C)c1O. The highest BCUT2D eigenvalue weighted by Gasteiger charge is 2.27. The van der Waals surface area contributed by atoms with Crippen molar-refractivity contribution in [2.45, 2.75) is 52.4 Å². The van der Waals surface area contributed by atoms with Crippen LogP contribution in [-0.4, -0.2) is 15.1 Å². The zero-order chi connectivity index (χ0) is 17.0. The summed E-state index contributed by atoms with van der Waals surface area (Å²) in [5.41, 5.74) is 4.56. The first-order chi connectivity index (χ1) is 10.6. The Morgan fingerprint density at radius 1 is 0.913 bits per heavy atom. The molecular weight excluding hydrogens is 324 g/mol. The Balaban J connectivity index is 2.26. The fraction of sp³-hybridized carbons (Fsp3) is 0.444. The molecule has 0 spiro atoms. The van der Waals surface area contributed by atoms with Crippen molar-refractivity contribution in [1.82, 2.24) is 9.97 Å². The quantitative estimate of drug-likeness (QED) is 0.613. The van der Waals surface area contributed by atoms with Crippen molar-refractivity contribution in [3.63, 3.8) is 0 Å². The molecule has 0 aliphatic heterocycles. The molecule has 0 bridgehead atoms. The van der Waals surface area contributed by atoms with E-state index in [1.54, 1.807) is 22.7 Å². The van der Waals surface area contributed by atoms with E-state index < -0.39 is 0 Å². The van der Waals surface area contributed by atoms with Gasteiger partial charge in [0.25, 0.3) is 0 Å². The van der Waals surface area contributed by atoms with Gasteiger partial charge in [0, 0.05) is 16.7 Å². The van der Waals surface area contributed by atoms with Crippen LogP contribution < -0.4 is 0 Å². The van der Waals surface area contributed by atoms with Crippen LogP contribution in [0.5, 0.6) is 5.75 Å². The lowest BCUT2D eigenvalue weighted by Crippen LogP contribution is -2.17. The van der Waals surface area contributed by atoms with Gasteiger partial charge in [-0.05, 0) is 23.0 Å². The molecule has 23 heavy (non-hydrogen) atoms. The first kappa shape index (κ1) is 16.4. The van der Waals surface area contributed by atoms with Crippen molar-refractivity contribution in [1.29, 1.82) is 0 Å². The lowest BCUT2D eigenvalue weighted by molar-refractivity contribution is 0.423. The van der Waals surface area contributed by atoms with Gasteiger partial charge in [0.1, 0.15) is 10.8 Å². The van der Waals surface area contributed by atoms with Gasteiger partial charge in [-0.15, -0.1) is 11.3 Å². The van der Waals surface area contributed by atoms with Crippen molar-refractivity contribution in [3.8, 4) is 16.3 Å². The number of phenolic OH excluding ortho intramolecular Hbond substituents is 1. The molecule has 0 radical (unpaired) electrons. The third kappa shape index (κ3) is 3.00. The second-order valence-corrected chi connectivity index (χ2v) is 9.71. The van der Waals surface area contributed by atoms with Crippen molar-refractivity contribution in [2.24, 2.45) is 0 Å². The number of hydrogen-bond acceptors (Lipinski definition) is 5. The highest BCUT2D eigenvalue weighted by Crippen LogP contribution is 2.43. The lowest BCUT2D eigenvalue weighted by Gasteiger charge is -2.28. The molecule has 3 aromatic rings. The lowest BCUT2D eigenvalue weighted by atomic mass is 9.78. The van der Waals surface area contributed by atoms with Crippen LogP contribution in [0.25, 0.3) is 20.2 Å². The van der Waals surface area contributed by atoms with Gasteiger partial charge in [0.2, 0.25) is 0 Å². The van der Waals surface area contributed by atoms with Crippen molar-refractivity contribution in [3.05, 3.63) is 28.8 Å². The van der Waals surface area contributed by atoms with E-state index in [-0.39, 0.29) is 10.8 Å². The van der Waals surface area contributed by atoms with Crippen LogP contribution in [0.1, 0.15) is 52.7 Å². The van der Waals surface area contributed by atoms with Crippen molar-refractivity contribution in [2.75, 3.05) is 0 Å². The van der Waals surface area contributed by atoms with Crippen molar-refractivity contribution < 1.29 is 5.11 Å². The third-order valence-corrected chi connectivity index (χ3v) is 5.75. The van der Waals surface area contributed by atoms with Crippen LogP contribution in [0, 0.1) is 0 Å². The minimum Gasteiger partial charge on any atom is -0.507 e. The first-order valence-electron chi connectivity index (χ1n) is 7.66. The molecule has 0 saturated heterocycles. The summed E-state index contributed by atoms with van der Waals surface area (Å²) in [5.74, 6) is 0.408. The topological polar surface area (TPSA) is 46.0 Å². The Labute approximate surface area is 145 Å². The number of aromatic nitrogens is 2. The molecule has 0 saturated carbocycles. The summed E-state index contributed by atoms with van der Waals surface area (Å²) in [4.78, 5) is 11.0. The number of rotatable bonds is 1. The predicted octanol–water partition coefficient (Wildman–Crippen LogP) is 5.72. The fourth-order valence-electron chi connectivity index (χ4n) is 2.61. The van der Waals surface area contributed by atoms with Gasteiger partial charge in [-0.1, -0.05) is 52.9 Å². The monoisotopic (exact) mass is 346 g/mol. The van der Waals surface area contributed by atoms with Crippen LogP contribution >= 0.6 is 22.7 Å². The molecule has 0 amide bonds. The number of phenols is 1. The van der Waals surface area contributed by atoms with Crippen LogP contribution in [0.15, 0.2) is 17.6 Å². The van der Waals surface area contributed by atoms with Crippen LogP contribution in [-0.2, 0) is 10.8 Å². The third-order valence-electron chi connectivity index (χ3n) is 3.89. The predicted molar refractivity (Wildman–Crippen MR) is 99.8 cm³/mol. The van der Waals surface area contributed by atoms with E-state index in [4.69, 9.17) is 4.98 Å². The van der Waals surface area contributed by atoms with Crippen molar-refractivity contribution >= 4 is 32.3 Å². The Morgan fingerprint density at radius 3 is 1.96 bits per heavy atom. The molecule has 1 N–H and O–H groups in total. The largest absolute Gasteiger partial charge is 0.507 e. The van der Waals surface area contributed by atoms with Gasteiger partial charge in [-0.2, -0.15) is 0 Å². The number of hydrogen-bond donors (Lipinski definition) is 1. The van der Waals surface area contributed by atoms with Crippen LogP contribution in [0.3, 0.4) is 0 Å². The molecule has 3 rings (SSSR count). The van der Waals surface area contributed by atoms with E-state index >= 15 is 0 Å². The Bertz CT molecular complexity index is 800. The molecule has 0 fully saturated rings. The molecule has 0 unspecified atom stereocenters. The maximum Gasteiger partial charge on any atom is 0.155 e. The van der Waals surface area contributed by atoms with Gasteiger partial charge in [0.05, 0.1) is 5.51 Å². The van der Waals surface area contributed by atoms with Gasteiger partial charge >= 0.3 is 0 Å². The Morgan fingerprint density at radius 2 is 1.48 bits per heavy atom. The van der Waals surface area contributed by atoms with Gasteiger partial charge in [-0.3, -0.25) is 0 Å². The van der Waals surface area contributed by atoms with E-state index in [9.17, 15) is 5.11 Å². The molecular formula is C18H22N2OS2. The zero-order valence-corrected chi connectivity index (χ0v) is 16.0. The zero-order valence-electron chi connectivity index (χ0n) is 14.4. The molecule has 2 aromatic heterocycles. The summed E-state index contributed by atoms with van der Waals surface area (Å²) < 4.78 is 0. The van der Waals surface area contributed by atoms with E-state index in [0.29, 0.717) is 5.75 Å². The number of nitrogens with zero attached hydrogens (tertiary/aromatic N) is 2. The summed E-state index contributed by atoms with van der Waals surface area (Å²) >= 11 is 3.17. The second-order valence-electron chi connectivity index (χ2n) is 7.90. The number of thiazole rings is 2. The summed E-state index contributed by atoms with van der Waals surface area (Å²) in [6.07, 6.45) is 0. The van der Waals surface area contributed by atoms with Crippen LogP contribution in [0.4, 0.5) is 0 Å². The van der Waals surface area contributed by atoms with Gasteiger partial charge in [0.15, 0.2) is 9.66 Å². The molecule has 0 atom stereocenters. The van der Waals surface area contributed by atoms with E-state index in [1.165, 1.54) is 0 Å². The molecule has 1 aromatic carbocycles. The molecule has 122 valence electrons. The number of aromatic hydroxyl groups is 1. The smallest absolute Gasteiger partial charge is 0.155 e. The summed E-state index contributed by atoms with van der Waals surface area (Å²) in [7, 11) is 0. The Kier molecular flexibility index (Phi) is 3.76. The maximum atomic E-state index is 10.8. The second kappa shape index (κ2) is 5.28. The summed E-state index contributed by atoms with van der Waals surface area (Å²) in [6, 6.07) is 4.15. The highest BCUT2D eigenvalue weighted by atomic mass is 32.1. The van der Waals surface area contributed by atoms with Crippen LogP contribution in [0.2, 0.25) is 0 Å². The molecule has 0 aliphatic carbocycles. The normalized spacial score (nSPS) is 13.0. The molecule has 3 nitrogen and oxygen atoms in total. The molecule has 0 aliphatic rings. The van der Waals surface area contributed by atoms with E-state index in [1.807, 2.05) is 5.51 Å². The first-order valence-corrected chi connectivity index (χ1v) is 9.35. The molecule has 5 heteroatoms. The average molecular weight is 347 g/mol. The average Bonchev–Trinajstić information content (AvgIpc) is 2.96. The minimum atomic E-state index is -0.132. The van der Waals surface area contributed by atoms with Gasteiger partial charge in [-0.25, -0.2) is 9.97 Å². The number of benzene rings is 1. The fourth-order valence-corrected chi connectivity index (χ4v) is 4.35. The highest BCUT2D eigenvalue weighted by molar-refractivity contribution is 7.27.